The van der Waals surface area contributed by atoms with E-state index in [-0.39, 0.29) is 5.91 Å². The van der Waals surface area contributed by atoms with Crippen molar-refractivity contribution < 1.29 is 4.79 Å². The molecule has 0 radical (unpaired) electrons. The topological polar surface area (TPSA) is 70.2 Å². The van der Waals surface area contributed by atoms with Gasteiger partial charge in [-0.15, -0.1) is 0 Å². The zero-order valence-electron chi connectivity index (χ0n) is 13.8. The molecule has 6 heteroatoms. The number of hydrogen-bond donors (Lipinski definition) is 2. The molecule has 0 spiro atoms. The summed E-state index contributed by atoms with van der Waals surface area (Å²) in [6.45, 7) is 3.97. The van der Waals surface area contributed by atoms with Gasteiger partial charge < -0.3 is 15.5 Å². The average Bonchev–Trinajstić information content (AvgIpc) is 2.69. The van der Waals surface area contributed by atoms with Crippen molar-refractivity contribution in [2.24, 2.45) is 0 Å². The summed E-state index contributed by atoms with van der Waals surface area (Å²) < 4.78 is 0. The van der Waals surface area contributed by atoms with E-state index < -0.39 is 0 Å². The monoisotopic (exact) mass is 333 g/mol. The first-order chi connectivity index (χ1) is 12.3. The van der Waals surface area contributed by atoms with Crippen LogP contribution in [0.3, 0.4) is 0 Å². The molecule has 1 aliphatic heterocycles. The van der Waals surface area contributed by atoms with Gasteiger partial charge in [0.05, 0.1) is 11.7 Å². The predicted molar refractivity (Wildman–Crippen MR) is 99.0 cm³/mol. The van der Waals surface area contributed by atoms with Crippen LogP contribution in [0.25, 0.3) is 10.9 Å². The van der Waals surface area contributed by atoms with Crippen LogP contribution in [0.5, 0.6) is 0 Å². The second-order valence-corrected chi connectivity index (χ2v) is 6.04. The number of amides is 1. The molecule has 126 valence electrons. The van der Waals surface area contributed by atoms with E-state index >= 15 is 0 Å². The van der Waals surface area contributed by atoms with Crippen LogP contribution in [-0.2, 0) is 0 Å². The molecule has 6 nitrogen and oxygen atoms in total. The third kappa shape index (κ3) is 3.44. The third-order valence-electron chi connectivity index (χ3n) is 4.39. The lowest BCUT2D eigenvalue weighted by molar-refractivity contribution is 0.102. The van der Waals surface area contributed by atoms with Gasteiger partial charge in [0, 0.05) is 48.5 Å². The first-order valence-corrected chi connectivity index (χ1v) is 8.38. The van der Waals surface area contributed by atoms with E-state index in [0.29, 0.717) is 11.3 Å². The van der Waals surface area contributed by atoms with Crippen LogP contribution in [0, 0.1) is 0 Å². The highest BCUT2D eigenvalue weighted by atomic mass is 16.1. The number of hydrogen-bond acceptors (Lipinski definition) is 5. The van der Waals surface area contributed by atoms with Gasteiger partial charge in [0.1, 0.15) is 0 Å². The Hall–Kier alpha value is -2.99. The molecular formula is C19H19N5O. The predicted octanol–water partition coefficient (Wildman–Crippen LogP) is 2.29. The van der Waals surface area contributed by atoms with Crippen LogP contribution in [0.1, 0.15) is 10.4 Å². The molecular weight excluding hydrogens is 314 g/mol. The number of piperazine rings is 1. The number of carbonyl (C=O) groups is 1. The normalized spacial score (nSPS) is 14.5. The Morgan fingerprint density at radius 1 is 1.04 bits per heavy atom. The van der Waals surface area contributed by atoms with Crippen LogP contribution in [0.4, 0.5) is 11.4 Å². The molecule has 0 saturated carbocycles. The molecule has 1 aliphatic rings. The van der Waals surface area contributed by atoms with E-state index in [2.05, 4.69) is 25.7 Å². The molecule has 1 aromatic heterocycles. The fraction of sp³-hybridized carbons (Fsp3) is 0.211. The van der Waals surface area contributed by atoms with E-state index in [0.717, 1.165) is 42.8 Å². The summed E-state index contributed by atoms with van der Waals surface area (Å²) in [4.78, 5) is 14.8. The summed E-state index contributed by atoms with van der Waals surface area (Å²) in [5, 5.41) is 15.2. The van der Waals surface area contributed by atoms with Crippen LogP contribution in [-0.4, -0.2) is 42.3 Å². The summed E-state index contributed by atoms with van der Waals surface area (Å²) in [5.41, 5.74) is 3.26. The second-order valence-electron chi connectivity index (χ2n) is 6.04. The van der Waals surface area contributed by atoms with Crippen LogP contribution < -0.4 is 15.5 Å². The number of aromatic nitrogens is 2. The fourth-order valence-electron chi connectivity index (χ4n) is 3.01. The third-order valence-corrected chi connectivity index (χ3v) is 4.39. The summed E-state index contributed by atoms with van der Waals surface area (Å²) in [6, 6.07) is 15.3. The lowest BCUT2D eigenvalue weighted by Gasteiger charge is -2.29. The minimum atomic E-state index is -0.130. The van der Waals surface area contributed by atoms with Gasteiger partial charge in [0.15, 0.2) is 0 Å². The number of anilines is 2. The van der Waals surface area contributed by atoms with E-state index in [4.69, 9.17) is 0 Å². The van der Waals surface area contributed by atoms with Crippen molar-refractivity contribution >= 4 is 28.2 Å². The quantitative estimate of drug-likeness (QED) is 0.770. The zero-order valence-corrected chi connectivity index (χ0v) is 13.8. The van der Waals surface area contributed by atoms with Gasteiger partial charge in [-0.3, -0.25) is 4.79 Å². The molecule has 0 bridgehead atoms. The molecule has 1 saturated heterocycles. The maximum absolute atomic E-state index is 12.5. The second kappa shape index (κ2) is 6.86. The van der Waals surface area contributed by atoms with Crippen molar-refractivity contribution in [1.82, 2.24) is 15.5 Å². The average molecular weight is 333 g/mol. The van der Waals surface area contributed by atoms with E-state index in [1.54, 1.807) is 6.20 Å². The molecule has 0 unspecified atom stereocenters. The molecule has 0 atom stereocenters. The summed E-state index contributed by atoms with van der Waals surface area (Å²) in [7, 11) is 0. The maximum Gasteiger partial charge on any atom is 0.255 e. The standard InChI is InChI=1S/C19H19N5O/c25-19(22-16-4-1-14-7-8-21-23-18(14)13-16)15-2-5-17(6-3-15)24-11-9-20-10-12-24/h1-8,13,20H,9-12H2,(H,22,25). The Morgan fingerprint density at radius 2 is 1.84 bits per heavy atom. The highest BCUT2D eigenvalue weighted by Gasteiger charge is 2.12. The number of nitrogens with one attached hydrogen (secondary N) is 2. The molecule has 2 heterocycles. The Morgan fingerprint density at radius 3 is 2.64 bits per heavy atom. The Labute approximate surface area is 145 Å². The zero-order chi connectivity index (χ0) is 17.1. The minimum Gasteiger partial charge on any atom is -0.369 e. The number of fused-ring (bicyclic) bond motifs is 1. The minimum absolute atomic E-state index is 0.130. The number of carbonyl (C=O) groups excluding carboxylic acids is 1. The van der Waals surface area contributed by atoms with Crippen molar-refractivity contribution in [1.29, 1.82) is 0 Å². The van der Waals surface area contributed by atoms with E-state index in [9.17, 15) is 4.79 Å². The first-order valence-electron chi connectivity index (χ1n) is 8.38. The number of nitrogens with zero attached hydrogens (tertiary/aromatic N) is 3. The van der Waals surface area contributed by atoms with Gasteiger partial charge >= 0.3 is 0 Å². The van der Waals surface area contributed by atoms with Crippen LogP contribution >= 0.6 is 0 Å². The Bertz CT molecular complexity index is 888. The summed E-state index contributed by atoms with van der Waals surface area (Å²) in [5.74, 6) is -0.130. The van der Waals surface area contributed by atoms with Gasteiger partial charge in [-0.05, 0) is 42.5 Å². The highest BCUT2D eigenvalue weighted by Crippen LogP contribution is 2.19. The van der Waals surface area contributed by atoms with Gasteiger partial charge in [0.2, 0.25) is 0 Å². The molecule has 1 fully saturated rings. The Balaban J connectivity index is 1.48. The summed E-state index contributed by atoms with van der Waals surface area (Å²) in [6.07, 6.45) is 1.65. The van der Waals surface area contributed by atoms with E-state index in [1.807, 2.05) is 48.5 Å². The van der Waals surface area contributed by atoms with Crippen molar-refractivity contribution in [2.45, 2.75) is 0 Å². The molecule has 3 aromatic rings. The molecule has 2 N–H and O–H groups in total. The summed E-state index contributed by atoms with van der Waals surface area (Å²) >= 11 is 0. The molecule has 4 rings (SSSR count). The molecule has 0 aliphatic carbocycles. The number of benzene rings is 2. The van der Waals surface area contributed by atoms with Crippen molar-refractivity contribution in [3.63, 3.8) is 0 Å². The van der Waals surface area contributed by atoms with Gasteiger partial charge in [-0.1, -0.05) is 6.07 Å². The van der Waals surface area contributed by atoms with Crippen LogP contribution in [0.2, 0.25) is 0 Å². The largest absolute Gasteiger partial charge is 0.369 e. The Kier molecular flexibility index (Phi) is 4.26. The van der Waals surface area contributed by atoms with Crippen molar-refractivity contribution in [3.8, 4) is 0 Å². The maximum atomic E-state index is 12.5. The van der Waals surface area contributed by atoms with Gasteiger partial charge in [-0.2, -0.15) is 10.2 Å². The molecule has 25 heavy (non-hydrogen) atoms. The van der Waals surface area contributed by atoms with Gasteiger partial charge in [0.25, 0.3) is 5.91 Å². The van der Waals surface area contributed by atoms with Crippen LogP contribution in [0.15, 0.2) is 54.7 Å². The number of rotatable bonds is 3. The fourth-order valence-corrected chi connectivity index (χ4v) is 3.01. The van der Waals surface area contributed by atoms with E-state index in [1.165, 1.54) is 0 Å². The highest BCUT2D eigenvalue weighted by molar-refractivity contribution is 6.05. The van der Waals surface area contributed by atoms with Crippen molar-refractivity contribution in [3.05, 3.63) is 60.3 Å². The molecule has 1 amide bonds. The lowest BCUT2D eigenvalue weighted by Crippen LogP contribution is -2.43. The SMILES string of the molecule is O=C(Nc1ccc2ccnnc2c1)c1ccc(N2CCNCC2)cc1. The smallest absolute Gasteiger partial charge is 0.255 e. The first kappa shape index (κ1) is 15.5. The lowest BCUT2D eigenvalue weighted by atomic mass is 10.1. The molecule has 2 aromatic carbocycles. The van der Waals surface area contributed by atoms with Gasteiger partial charge in [-0.25, -0.2) is 0 Å². The van der Waals surface area contributed by atoms with Crippen molar-refractivity contribution in [2.75, 3.05) is 36.4 Å².